The number of nitrogens with one attached hydrogen (secondary N) is 1. The van der Waals surface area contributed by atoms with Crippen molar-refractivity contribution in [1.82, 2.24) is 0 Å². The van der Waals surface area contributed by atoms with Gasteiger partial charge in [-0.2, -0.15) is 0 Å². The van der Waals surface area contributed by atoms with Crippen LogP contribution in [0.15, 0.2) is 30.0 Å². The van der Waals surface area contributed by atoms with Gasteiger partial charge in [0.25, 0.3) is 0 Å². The van der Waals surface area contributed by atoms with Crippen molar-refractivity contribution in [3.05, 3.63) is 30.0 Å². The number of hydrogen-bond donors (Lipinski definition) is 1. The van der Waals surface area contributed by atoms with E-state index >= 15 is 0 Å². The van der Waals surface area contributed by atoms with Crippen molar-refractivity contribution in [1.29, 1.82) is 0 Å². The zero-order valence-electron chi connectivity index (χ0n) is 14.4. The summed E-state index contributed by atoms with van der Waals surface area (Å²) in [5.41, 5.74) is 0.396. The highest BCUT2D eigenvalue weighted by atomic mass is 16.6. The zero-order chi connectivity index (χ0) is 17.9. The number of rotatable bonds is 9. The Morgan fingerprint density at radius 2 is 1.62 bits per heavy atom. The summed E-state index contributed by atoms with van der Waals surface area (Å²) < 4.78 is 20.4. The maximum Gasteiger partial charge on any atom is 0.347 e. The maximum absolute atomic E-state index is 11.9. The summed E-state index contributed by atoms with van der Waals surface area (Å²) >= 11 is 0. The maximum atomic E-state index is 11.9. The Morgan fingerprint density at radius 3 is 2.12 bits per heavy atom. The number of ether oxygens (including phenoxy) is 4. The fourth-order valence-electron chi connectivity index (χ4n) is 1.81. The van der Waals surface area contributed by atoms with Gasteiger partial charge >= 0.3 is 11.9 Å². The molecule has 0 amide bonds. The molecule has 0 radical (unpaired) electrons. The first-order chi connectivity index (χ1) is 11.6. The molecule has 0 heterocycles. The molecule has 0 fully saturated rings. The molecule has 0 aromatic heterocycles. The van der Waals surface area contributed by atoms with Gasteiger partial charge in [0.1, 0.15) is 0 Å². The van der Waals surface area contributed by atoms with E-state index in [9.17, 15) is 9.59 Å². The third kappa shape index (κ3) is 5.49. The van der Waals surface area contributed by atoms with Crippen molar-refractivity contribution in [3.8, 4) is 11.5 Å². The minimum absolute atomic E-state index is 0.159. The highest BCUT2D eigenvalue weighted by molar-refractivity contribution is 6.14. The lowest BCUT2D eigenvalue weighted by molar-refractivity contribution is -0.146. The molecule has 0 saturated carbocycles. The minimum Gasteiger partial charge on any atom is -0.493 e. The molecule has 0 bridgehead atoms. The second-order valence-corrected chi connectivity index (χ2v) is 4.44. The van der Waals surface area contributed by atoms with Crippen LogP contribution < -0.4 is 14.8 Å². The van der Waals surface area contributed by atoms with Gasteiger partial charge < -0.3 is 24.3 Å². The van der Waals surface area contributed by atoms with Crippen LogP contribution in [0.5, 0.6) is 11.5 Å². The van der Waals surface area contributed by atoms with Gasteiger partial charge in [-0.3, -0.25) is 0 Å². The van der Waals surface area contributed by atoms with Crippen molar-refractivity contribution < 1.29 is 28.5 Å². The second kappa shape index (κ2) is 10.1. The highest BCUT2D eigenvalue weighted by Gasteiger charge is 2.21. The summed E-state index contributed by atoms with van der Waals surface area (Å²) in [6.07, 6.45) is 1.26. The molecule has 7 nitrogen and oxygen atoms in total. The van der Waals surface area contributed by atoms with E-state index in [1.165, 1.54) is 13.3 Å². The first-order valence-electron chi connectivity index (χ1n) is 7.69. The fraction of sp³-hybridized carbons (Fsp3) is 0.412. The largest absolute Gasteiger partial charge is 0.493 e. The smallest absolute Gasteiger partial charge is 0.347 e. The average molecular weight is 337 g/mol. The van der Waals surface area contributed by atoms with E-state index in [-0.39, 0.29) is 18.8 Å². The van der Waals surface area contributed by atoms with Crippen LogP contribution in [0.4, 0.5) is 5.69 Å². The van der Waals surface area contributed by atoms with Crippen LogP contribution in [-0.2, 0) is 19.1 Å². The Bertz CT molecular complexity index is 577. The fourth-order valence-corrected chi connectivity index (χ4v) is 1.81. The van der Waals surface area contributed by atoms with Gasteiger partial charge in [0.05, 0.1) is 26.9 Å². The number of anilines is 1. The Kier molecular flexibility index (Phi) is 8.18. The zero-order valence-corrected chi connectivity index (χ0v) is 14.4. The van der Waals surface area contributed by atoms with E-state index in [0.717, 1.165) is 0 Å². The summed E-state index contributed by atoms with van der Waals surface area (Å²) in [6, 6.07) is 5.15. The molecule has 0 aliphatic rings. The standard InChI is InChI=1S/C17H23NO6/c1-5-22-14-9-8-12(10-15(14)21-4)18-11-13(16(19)23-6-2)17(20)24-7-3/h8-11,18H,5-7H2,1-4H3. The number of esters is 2. The van der Waals surface area contributed by atoms with E-state index in [1.54, 1.807) is 32.0 Å². The van der Waals surface area contributed by atoms with E-state index in [2.05, 4.69) is 5.32 Å². The van der Waals surface area contributed by atoms with Crippen LogP contribution in [0.1, 0.15) is 20.8 Å². The van der Waals surface area contributed by atoms with Gasteiger partial charge in [-0.1, -0.05) is 0 Å². The summed E-state index contributed by atoms with van der Waals surface area (Å²) in [5, 5.41) is 2.87. The van der Waals surface area contributed by atoms with Gasteiger partial charge in [-0.25, -0.2) is 9.59 Å². The Hall–Kier alpha value is -2.70. The van der Waals surface area contributed by atoms with E-state index in [4.69, 9.17) is 18.9 Å². The van der Waals surface area contributed by atoms with Crippen LogP contribution in [0.3, 0.4) is 0 Å². The van der Waals surface area contributed by atoms with Crippen LogP contribution in [0.25, 0.3) is 0 Å². The van der Waals surface area contributed by atoms with Crippen LogP contribution in [0, 0.1) is 0 Å². The van der Waals surface area contributed by atoms with Crippen molar-refractivity contribution in [2.45, 2.75) is 20.8 Å². The number of methoxy groups -OCH3 is 1. The summed E-state index contributed by atoms with van der Waals surface area (Å²) in [5.74, 6) is -0.364. The lowest BCUT2D eigenvalue weighted by atomic mass is 10.2. The molecule has 0 aliphatic heterocycles. The molecule has 1 rings (SSSR count). The first-order valence-corrected chi connectivity index (χ1v) is 7.69. The van der Waals surface area contributed by atoms with E-state index in [0.29, 0.717) is 23.8 Å². The lowest BCUT2D eigenvalue weighted by Gasteiger charge is -2.11. The van der Waals surface area contributed by atoms with Gasteiger partial charge in [0, 0.05) is 18.0 Å². The molecule has 0 unspecified atom stereocenters. The molecule has 1 aromatic rings. The van der Waals surface area contributed by atoms with Crippen molar-refractivity contribution in [3.63, 3.8) is 0 Å². The van der Waals surface area contributed by atoms with Gasteiger partial charge in [-0.05, 0) is 32.9 Å². The van der Waals surface area contributed by atoms with E-state index < -0.39 is 11.9 Å². The third-order valence-electron chi connectivity index (χ3n) is 2.84. The van der Waals surface area contributed by atoms with Crippen LogP contribution >= 0.6 is 0 Å². The number of carbonyl (C=O) groups is 2. The molecule has 1 aromatic carbocycles. The molecule has 7 heteroatoms. The van der Waals surface area contributed by atoms with Gasteiger partial charge in [-0.15, -0.1) is 0 Å². The van der Waals surface area contributed by atoms with Crippen LogP contribution in [0.2, 0.25) is 0 Å². The molecule has 0 aliphatic carbocycles. The topological polar surface area (TPSA) is 83.1 Å². The average Bonchev–Trinajstić information content (AvgIpc) is 2.57. The normalized spacial score (nSPS) is 9.67. The van der Waals surface area contributed by atoms with Gasteiger partial charge in [0.15, 0.2) is 17.1 Å². The third-order valence-corrected chi connectivity index (χ3v) is 2.84. The molecule has 24 heavy (non-hydrogen) atoms. The Morgan fingerprint density at radius 1 is 1.00 bits per heavy atom. The molecular weight excluding hydrogens is 314 g/mol. The molecule has 0 atom stereocenters. The lowest BCUT2D eigenvalue weighted by Crippen LogP contribution is -2.19. The molecular formula is C17H23NO6. The number of hydrogen-bond acceptors (Lipinski definition) is 7. The van der Waals surface area contributed by atoms with Crippen molar-refractivity contribution >= 4 is 17.6 Å². The summed E-state index contributed by atoms with van der Waals surface area (Å²) in [4.78, 5) is 23.7. The van der Waals surface area contributed by atoms with Crippen LogP contribution in [-0.4, -0.2) is 38.9 Å². The molecule has 0 spiro atoms. The quantitative estimate of drug-likeness (QED) is 0.321. The predicted molar refractivity (Wildman–Crippen MR) is 89.1 cm³/mol. The molecule has 132 valence electrons. The number of carbonyl (C=O) groups excluding carboxylic acids is 2. The van der Waals surface area contributed by atoms with Crippen molar-refractivity contribution in [2.24, 2.45) is 0 Å². The minimum atomic E-state index is -0.749. The molecule has 1 N–H and O–H groups in total. The van der Waals surface area contributed by atoms with Gasteiger partial charge in [0.2, 0.25) is 0 Å². The Labute approximate surface area is 141 Å². The highest BCUT2D eigenvalue weighted by Crippen LogP contribution is 2.30. The summed E-state index contributed by atoms with van der Waals surface area (Å²) in [6.45, 7) is 6.02. The summed E-state index contributed by atoms with van der Waals surface area (Å²) in [7, 11) is 1.53. The number of benzene rings is 1. The second-order valence-electron chi connectivity index (χ2n) is 4.44. The predicted octanol–water partition coefficient (Wildman–Crippen LogP) is 2.52. The van der Waals surface area contributed by atoms with Crippen molar-refractivity contribution in [2.75, 3.05) is 32.2 Å². The molecule has 0 saturated heterocycles. The van der Waals surface area contributed by atoms with E-state index in [1.807, 2.05) is 6.92 Å². The first kappa shape index (κ1) is 19.3. The SMILES string of the molecule is CCOC(=O)C(=CNc1ccc(OCC)c(OC)c1)C(=O)OCC. The monoisotopic (exact) mass is 337 g/mol. The Balaban J connectivity index is 2.99.